The Morgan fingerprint density at radius 2 is 2.15 bits per heavy atom. The van der Waals surface area contributed by atoms with Gasteiger partial charge in [-0.05, 0) is 51.0 Å². The molecule has 2 fully saturated rings. The maximum absolute atomic E-state index is 13.2. The van der Waals surface area contributed by atoms with E-state index in [1.165, 1.54) is 12.8 Å². The van der Waals surface area contributed by atoms with Crippen molar-refractivity contribution in [1.29, 1.82) is 0 Å². The van der Waals surface area contributed by atoms with Crippen molar-refractivity contribution in [3.63, 3.8) is 0 Å². The fourth-order valence-electron chi connectivity index (χ4n) is 3.49. The molecule has 1 unspecified atom stereocenters. The molecule has 20 heavy (non-hydrogen) atoms. The Bertz CT molecular complexity index is 311. The number of carbonyl (C=O) groups excluding carboxylic acids is 1. The summed E-state index contributed by atoms with van der Waals surface area (Å²) in [6, 6.07) is 0.553. The highest BCUT2D eigenvalue weighted by molar-refractivity contribution is 5.83. The fourth-order valence-corrected chi connectivity index (χ4v) is 3.49. The highest BCUT2D eigenvalue weighted by Crippen LogP contribution is 2.38. The molecule has 1 saturated carbocycles. The van der Waals surface area contributed by atoms with Crippen LogP contribution in [0.4, 0.5) is 0 Å². The first-order valence-electron chi connectivity index (χ1n) is 8.61. The molecular weight excluding hydrogens is 248 g/mol. The van der Waals surface area contributed by atoms with Gasteiger partial charge in [0.1, 0.15) is 0 Å². The summed E-state index contributed by atoms with van der Waals surface area (Å²) in [5.74, 6) is 1.13. The predicted molar refractivity (Wildman–Crippen MR) is 83.6 cm³/mol. The Morgan fingerprint density at radius 3 is 2.65 bits per heavy atom. The van der Waals surface area contributed by atoms with E-state index in [9.17, 15) is 4.79 Å². The summed E-state index contributed by atoms with van der Waals surface area (Å²) in [5.41, 5.74) is -0.105. The van der Waals surface area contributed by atoms with E-state index in [0.717, 1.165) is 51.7 Å². The molecule has 1 N–H and O–H groups in total. The van der Waals surface area contributed by atoms with Crippen molar-refractivity contribution < 1.29 is 4.79 Å². The first-order valence-corrected chi connectivity index (χ1v) is 8.61. The molecule has 1 saturated heterocycles. The molecule has 0 radical (unpaired) electrons. The maximum Gasteiger partial charge on any atom is 0.230 e. The molecule has 0 bridgehead atoms. The van der Waals surface area contributed by atoms with Gasteiger partial charge in [0, 0.05) is 19.1 Å². The Hall–Kier alpha value is -0.570. The van der Waals surface area contributed by atoms with Crippen LogP contribution >= 0.6 is 0 Å². The molecule has 0 spiro atoms. The van der Waals surface area contributed by atoms with Crippen LogP contribution in [-0.4, -0.2) is 36.5 Å². The molecule has 3 heteroatoms. The zero-order valence-electron chi connectivity index (χ0n) is 13.6. The lowest BCUT2D eigenvalue weighted by atomic mass is 9.75. The number of piperidine rings is 1. The molecule has 0 aromatic rings. The van der Waals surface area contributed by atoms with Gasteiger partial charge in [0.05, 0.1) is 5.41 Å². The van der Waals surface area contributed by atoms with E-state index in [1.54, 1.807) is 0 Å². The second kappa shape index (κ2) is 6.93. The fraction of sp³-hybridized carbons (Fsp3) is 0.941. The third-order valence-corrected chi connectivity index (χ3v) is 4.85. The number of nitrogens with zero attached hydrogens (tertiary/aromatic N) is 1. The minimum absolute atomic E-state index is 0.105. The SMILES string of the molecule is CCCC1(C(=O)N(CCC(C)C)C2CC2)CCCNC1. The maximum atomic E-state index is 13.2. The van der Waals surface area contributed by atoms with Crippen molar-refractivity contribution in [3.05, 3.63) is 0 Å². The summed E-state index contributed by atoms with van der Waals surface area (Å²) in [6.07, 6.45) is 7.96. The van der Waals surface area contributed by atoms with Crippen LogP contribution < -0.4 is 5.32 Å². The largest absolute Gasteiger partial charge is 0.339 e. The van der Waals surface area contributed by atoms with Gasteiger partial charge >= 0.3 is 0 Å². The molecule has 116 valence electrons. The van der Waals surface area contributed by atoms with Crippen LogP contribution in [0.1, 0.15) is 65.7 Å². The van der Waals surface area contributed by atoms with Gasteiger partial charge < -0.3 is 10.2 Å². The standard InChI is InChI=1S/C17H32N2O/c1-4-9-17(10-5-11-18-13-17)16(20)19(15-6-7-15)12-8-14(2)3/h14-15,18H,4-13H2,1-3H3. The van der Waals surface area contributed by atoms with E-state index in [2.05, 4.69) is 31.0 Å². The third kappa shape index (κ3) is 3.75. The molecule has 1 heterocycles. The van der Waals surface area contributed by atoms with Crippen LogP contribution in [0.5, 0.6) is 0 Å². The van der Waals surface area contributed by atoms with E-state index < -0.39 is 0 Å². The van der Waals surface area contributed by atoms with E-state index in [-0.39, 0.29) is 5.41 Å². The zero-order valence-corrected chi connectivity index (χ0v) is 13.6. The monoisotopic (exact) mass is 280 g/mol. The Kier molecular flexibility index (Phi) is 5.48. The molecule has 1 amide bonds. The molecular formula is C17H32N2O. The van der Waals surface area contributed by atoms with Crippen LogP contribution in [0.2, 0.25) is 0 Å². The normalized spacial score (nSPS) is 26.8. The van der Waals surface area contributed by atoms with Crippen molar-refractivity contribution in [2.45, 2.75) is 71.8 Å². The Labute approximate surface area is 124 Å². The minimum atomic E-state index is -0.105. The van der Waals surface area contributed by atoms with E-state index in [4.69, 9.17) is 0 Å². The molecule has 0 aromatic heterocycles. The van der Waals surface area contributed by atoms with Gasteiger partial charge in [-0.1, -0.05) is 27.2 Å². The summed E-state index contributed by atoms with van der Waals surface area (Å²) in [4.78, 5) is 15.4. The predicted octanol–water partition coefficient (Wildman–Crippen LogP) is 3.19. The number of nitrogens with one attached hydrogen (secondary N) is 1. The lowest BCUT2D eigenvalue weighted by Gasteiger charge is -2.40. The molecule has 0 aromatic carbocycles. The lowest BCUT2D eigenvalue weighted by Crippen LogP contribution is -2.52. The molecule has 1 aliphatic carbocycles. The topological polar surface area (TPSA) is 32.3 Å². The quantitative estimate of drug-likeness (QED) is 0.777. The van der Waals surface area contributed by atoms with E-state index >= 15 is 0 Å². The molecule has 2 aliphatic rings. The minimum Gasteiger partial charge on any atom is -0.339 e. The number of carbonyl (C=O) groups is 1. The van der Waals surface area contributed by atoms with Crippen LogP contribution in [0.15, 0.2) is 0 Å². The zero-order chi connectivity index (χ0) is 14.6. The van der Waals surface area contributed by atoms with Crippen LogP contribution in [0.3, 0.4) is 0 Å². The Balaban J connectivity index is 2.06. The second-order valence-corrected chi connectivity index (χ2v) is 7.22. The summed E-state index contributed by atoms with van der Waals surface area (Å²) in [6.45, 7) is 9.64. The number of hydrogen-bond acceptors (Lipinski definition) is 2. The Morgan fingerprint density at radius 1 is 1.40 bits per heavy atom. The summed E-state index contributed by atoms with van der Waals surface area (Å²) < 4.78 is 0. The number of hydrogen-bond donors (Lipinski definition) is 1. The first-order chi connectivity index (χ1) is 9.59. The van der Waals surface area contributed by atoms with Crippen molar-refractivity contribution in [2.24, 2.45) is 11.3 Å². The summed E-state index contributed by atoms with van der Waals surface area (Å²) in [7, 11) is 0. The van der Waals surface area contributed by atoms with E-state index in [0.29, 0.717) is 17.9 Å². The van der Waals surface area contributed by atoms with Gasteiger partial charge in [-0.3, -0.25) is 4.79 Å². The molecule has 1 atom stereocenters. The summed E-state index contributed by atoms with van der Waals surface area (Å²) >= 11 is 0. The molecule has 1 aliphatic heterocycles. The smallest absolute Gasteiger partial charge is 0.230 e. The molecule has 2 rings (SSSR count). The number of rotatable bonds is 7. The van der Waals surface area contributed by atoms with Gasteiger partial charge in [0.2, 0.25) is 5.91 Å². The molecule has 3 nitrogen and oxygen atoms in total. The second-order valence-electron chi connectivity index (χ2n) is 7.22. The average Bonchev–Trinajstić information content (AvgIpc) is 3.24. The number of amides is 1. The van der Waals surface area contributed by atoms with Gasteiger partial charge in [-0.2, -0.15) is 0 Å². The van der Waals surface area contributed by atoms with Crippen molar-refractivity contribution in [2.75, 3.05) is 19.6 Å². The van der Waals surface area contributed by atoms with Gasteiger partial charge in [-0.15, -0.1) is 0 Å². The van der Waals surface area contributed by atoms with Gasteiger partial charge in [0.15, 0.2) is 0 Å². The van der Waals surface area contributed by atoms with Crippen molar-refractivity contribution in [1.82, 2.24) is 10.2 Å². The lowest BCUT2D eigenvalue weighted by molar-refractivity contribution is -0.144. The highest BCUT2D eigenvalue weighted by Gasteiger charge is 2.44. The van der Waals surface area contributed by atoms with Crippen molar-refractivity contribution >= 4 is 5.91 Å². The van der Waals surface area contributed by atoms with Crippen LogP contribution in [-0.2, 0) is 4.79 Å². The van der Waals surface area contributed by atoms with Gasteiger partial charge in [-0.25, -0.2) is 0 Å². The van der Waals surface area contributed by atoms with Crippen LogP contribution in [0.25, 0.3) is 0 Å². The van der Waals surface area contributed by atoms with E-state index in [1.807, 2.05) is 0 Å². The van der Waals surface area contributed by atoms with Gasteiger partial charge in [0.25, 0.3) is 0 Å². The average molecular weight is 280 g/mol. The third-order valence-electron chi connectivity index (χ3n) is 4.85. The van der Waals surface area contributed by atoms with Crippen LogP contribution in [0, 0.1) is 11.3 Å². The first kappa shape index (κ1) is 15.8. The summed E-state index contributed by atoms with van der Waals surface area (Å²) in [5, 5.41) is 3.47. The van der Waals surface area contributed by atoms with Crippen molar-refractivity contribution in [3.8, 4) is 0 Å². The highest BCUT2D eigenvalue weighted by atomic mass is 16.2.